The molecule has 1 saturated heterocycles. The fourth-order valence-corrected chi connectivity index (χ4v) is 5.67. The van der Waals surface area contributed by atoms with Crippen molar-refractivity contribution in [1.82, 2.24) is 0 Å². The number of anilines is 3. The molecule has 3 aromatic rings. The molecule has 2 atom stereocenters. The molecule has 3 aromatic carbocycles. The summed E-state index contributed by atoms with van der Waals surface area (Å²) in [6.07, 6.45) is 1.84. The number of rotatable bonds is 4. The SMILES string of the molecule is O=C(O)c1cc(N2CCCC2=O)cc(N2C(=O)[C@@]3(C[C@@H]3c3ccc(Cl)cc3)c3ccccc32)c1. The number of para-hydroxylation sites is 1. The molecule has 7 heteroatoms. The molecule has 0 aromatic heterocycles. The third-order valence-electron chi connectivity index (χ3n) is 7.24. The van der Waals surface area contributed by atoms with E-state index in [0.29, 0.717) is 35.8 Å². The summed E-state index contributed by atoms with van der Waals surface area (Å²) in [4.78, 5) is 41.6. The highest BCUT2D eigenvalue weighted by atomic mass is 35.5. The van der Waals surface area contributed by atoms with Crippen LogP contribution in [0.25, 0.3) is 0 Å². The number of fused-ring (bicyclic) bond motifs is 2. The number of hydrogen-bond donors (Lipinski definition) is 1. The first-order valence-corrected chi connectivity index (χ1v) is 11.7. The number of halogens is 1. The Bertz CT molecular complexity index is 1370. The van der Waals surface area contributed by atoms with Crippen LogP contribution in [0.15, 0.2) is 66.7 Å². The number of aromatic carboxylic acids is 1. The normalized spacial score (nSPS) is 23.0. The van der Waals surface area contributed by atoms with E-state index in [1.54, 1.807) is 15.9 Å². The number of carboxylic acids is 1. The van der Waals surface area contributed by atoms with Gasteiger partial charge in [-0.1, -0.05) is 41.9 Å². The number of carboxylic acid groups (broad SMARTS) is 1. The predicted molar refractivity (Wildman–Crippen MR) is 129 cm³/mol. The summed E-state index contributed by atoms with van der Waals surface area (Å²) in [7, 11) is 0. The second-order valence-electron chi connectivity index (χ2n) is 9.13. The first-order chi connectivity index (χ1) is 16.4. The number of carbonyl (C=O) groups excluding carboxylic acids is 2. The van der Waals surface area contributed by atoms with Crippen LogP contribution in [0, 0.1) is 0 Å². The summed E-state index contributed by atoms with van der Waals surface area (Å²) in [5.74, 6) is -1.20. The Morgan fingerprint density at radius 3 is 2.44 bits per heavy atom. The Hall–Kier alpha value is -3.64. The maximum Gasteiger partial charge on any atom is 0.335 e. The smallest absolute Gasteiger partial charge is 0.335 e. The number of carbonyl (C=O) groups is 3. The van der Waals surface area contributed by atoms with Gasteiger partial charge in [0.25, 0.3) is 0 Å². The Morgan fingerprint density at radius 1 is 1.00 bits per heavy atom. The van der Waals surface area contributed by atoms with E-state index in [4.69, 9.17) is 11.6 Å². The molecule has 1 aliphatic carbocycles. The third-order valence-corrected chi connectivity index (χ3v) is 7.49. The number of amides is 2. The van der Waals surface area contributed by atoms with E-state index in [1.807, 2.05) is 48.5 Å². The molecule has 0 unspecified atom stereocenters. The van der Waals surface area contributed by atoms with E-state index in [9.17, 15) is 19.5 Å². The summed E-state index contributed by atoms with van der Waals surface area (Å²) in [5, 5.41) is 10.4. The monoisotopic (exact) mass is 472 g/mol. The van der Waals surface area contributed by atoms with Crippen LogP contribution < -0.4 is 9.80 Å². The molecular formula is C27H21ClN2O4. The minimum atomic E-state index is -1.10. The van der Waals surface area contributed by atoms with Crippen LogP contribution >= 0.6 is 11.6 Å². The Kier molecular flexibility index (Phi) is 4.58. The zero-order valence-corrected chi connectivity index (χ0v) is 19.0. The molecule has 2 heterocycles. The largest absolute Gasteiger partial charge is 0.478 e. The molecule has 2 aliphatic heterocycles. The van der Waals surface area contributed by atoms with Crippen LogP contribution in [0.2, 0.25) is 5.02 Å². The molecule has 3 aliphatic rings. The van der Waals surface area contributed by atoms with E-state index in [2.05, 4.69) is 0 Å². The average molecular weight is 473 g/mol. The van der Waals surface area contributed by atoms with Crippen molar-refractivity contribution in [2.45, 2.75) is 30.6 Å². The van der Waals surface area contributed by atoms with Gasteiger partial charge in [0.05, 0.1) is 22.4 Å². The second-order valence-corrected chi connectivity index (χ2v) is 9.57. The molecule has 1 spiro atoms. The van der Waals surface area contributed by atoms with Gasteiger partial charge < -0.3 is 10.0 Å². The number of hydrogen-bond acceptors (Lipinski definition) is 3. The van der Waals surface area contributed by atoms with E-state index in [1.165, 1.54) is 12.1 Å². The van der Waals surface area contributed by atoms with Gasteiger partial charge in [-0.25, -0.2) is 4.79 Å². The lowest BCUT2D eigenvalue weighted by Gasteiger charge is -2.23. The Labute approximate surface area is 201 Å². The van der Waals surface area contributed by atoms with E-state index < -0.39 is 11.4 Å². The highest BCUT2D eigenvalue weighted by Crippen LogP contribution is 2.67. The lowest BCUT2D eigenvalue weighted by molar-refractivity contribution is -0.119. The van der Waals surface area contributed by atoms with Crippen molar-refractivity contribution in [2.75, 3.05) is 16.3 Å². The van der Waals surface area contributed by atoms with Crippen LogP contribution in [-0.2, 0) is 15.0 Å². The van der Waals surface area contributed by atoms with Gasteiger partial charge in [-0.3, -0.25) is 14.5 Å². The van der Waals surface area contributed by atoms with E-state index >= 15 is 0 Å². The highest BCUT2D eigenvalue weighted by molar-refractivity contribution is 6.30. The van der Waals surface area contributed by atoms with Crippen LogP contribution in [0.5, 0.6) is 0 Å². The zero-order chi connectivity index (χ0) is 23.6. The summed E-state index contributed by atoms with van der Waals surface area (Å²) >= 11 is 6.07. The molecule has 6 rings (SSSR count). The Morgan fingerprint density at radius 2 is 1.74 bits per heavy atom. The molecular weight excluding hydrogens is 452 g/mol. The summed E-state index contributed by atoms with van der Waals surface area (Å²) in [6.45, 7) is 0.536. The second kappa shape index (κ2) is 7.43. The molecule has 170 valence electrons. The van der Waals surface area contributed by atoms with Crippen molar-refractivity contribution in [3.05, 3.63) is 88.4 Å². The minimum absolute atomic E-state index is 0.0192. The van der Waals surface area contributed by atoms with Crippen molar-refractivity contribution in [3.63, 3.8) is 0 Å². The van der Waals surface area contributed by atoms with Crippen molar-refractivity contribution < 1.29 is 19.5 Å². The van der Waals surface area contributed by atoms with Crippen LogP contribution in [0.3, 0.4) is 0 Å². The van der Waals surface area contributed by atoms with Gasteiger partial charge in [0.15, 0.2) is 0 Å². The summed E-state index contributed by atoms with van der Waals surface area (Å²) in [6, 6.07) is 20.0. The summed E-state index contributed by atoms with van der Waals surface area (Å²) < 4.78 is 0. The lowest BCUT2D eigenvalue weighted by Crippen LogP contribution is -2.30. The quantitative estimate of drug-likeness (QED) is 0.561. The van der Waals surface area contributed by atoms with Gasteiger partial charge in [0, 0.05) is 29.6 Å². The van der Waals surface area contributed by atoms with Crippen molar-refractivity contribution >= 4 is 46.4 Å². The van der Waals surface area contributed by atoms with Crippen molar-refractivity contribution in [3.8, 4) is 0 Å². The Balaban J connectivity index is 1.47. The lowest BCUT2D eigenvalue weighted by atomic mass is 9.92. The molecule has 6 nitrogen and oxygen atoms in total. The minimum Gasteiger partial charge on any atom is -0.478 e. The van der Waals surface area contributed by atoms with Gasteiger partial charge in [0.2, 0.25) is 11.8 Å². The van der Waals surface area contributed by atoms with E-state index in [0.717, 1.165) is 23.2 Å². The predicted octanol–water partition coefficient (Wildman–Crippen LogP) is 5.27. The molecule has 1 saturated carbocycles. The van der Waals surface area contributed by atoms with Gasteiger partial charge in [-0.15, -0.1) is 0 Å². The van der Waals surface area contributed by atoms with Crippen LogP contribution in [0.4, 0.5) is 17.1 Å². The van der Waals surface area contributed by atoms with Gasteiger partial charge in [-0.05, 0) is 60.4 Å². The van der Waals surface area contributed by atoms with Gasteiger partial charge >= 0.3 is 5.97 Å². The van der Waals surface area contributed by atoms with E-state index in [-0.39, 0.29) is 23.3 Å². The van der Waals surface area contributed by atoms with Gasteiger partial charge in [0.1, 0.15) is 0 Å². The van der Waals surface area contributed by atoms with Crippen LogP contribution in [-0.4, -0.2) is 29.4 Å². The highest BCUT2D eigenvalue weighted by Gasteiger charge is 2.67. The molecule has 0 bridgehead atoms. The summed E-state index contributed by atoms with van der Waals surface area (Å²) in [5.41, 5.74) is 3.08. The molecule has 1 N–H and O–H groups in total. The zero-order valence-electron chi connectivity index (χ0n) is 18.2. The first-order valence-electron chi connectivity index (χ1n) is 11.3. The van der Waals surface area contributed by atoms with Crippen molar-refractivity contribution in [1.29, 1.82) is 0 Å². The molecule has 34 heavy (non-hydrogen) atoms. The third kappa shape index (κ3) is 2.98. The van der Waals surface area contributed by atoms with Crippen molar-refractivity contribution in [2.24, 2.45) is 0 Å². The molecule has 2 amide bonds. The maximum atomic E-state index is 14.0. The van der Waals surface area contributed by atoms with Gasteiger partial charge in [-0.2, -0.15) is 0 Å². The fraction of sp³-hybridized carbons (Fsp3) is 0.222. The maximum absolute atomic E-state index is 14.0. The average Bonchev–Trinajstić information content (AvgIpc) is 3.36. The number of benzene rings is 3. The molecule has 0 radical (unpaired) electrons. The fourth-order valence-electron chi connectivity index (χ4n) is 5.55. The topological polar surface area (TPSA) is 77.9 Å². The molecule has 2 fully saturated rings. The first kappa shape index (κ1) is 20.9. The number of nitrogens with zero attached hydrogens (tertiary/aromatic N) is 2. The van der Waals surface area contributed by atoms with Crippen LogP contribution in [0.1, 0.15) is 46.7 Å². The standard InChI is InChI=1S/C27H21ClN2O4/c28-18-9-7-16(8-10-18)22-15-27(22)21-4-1-2-5-23(21)30(26(27)34)20-13-17(25(32)33)12-19(14-20)29-11-3-6-24(29)31/h1-2,4-5,7-10,12-14,22H,3,6,11,15H2,(H,32,33)/t22-,27+/m1/s1.